The van der Waals surface area contributed by atoms with Crippen molar-refractivity contribution in [3.63, 3.8) is 0 Å². The minimum Gasteiger partial charge on any atom is -0.563 e. The molecule has 0 saturated heterocycles. The van der Waals surface area contributed by atoms with Crippen LogP contribution in [-0.4, -0.2) is 6.92 Å². The van der Waals surface area contributed by atoms with Gasteiger partial charge in [-0.15, -0.1) is 0 Å². The van der Waals surface area contributed by atoms with Gasteiger partial charge in [-0.25, -0.2) is 0 Å². The molecule has 0 spiro atoms. The zero-order valence-electron chi connectivity index (χ0n) is 8.61. The summed E-state index contributed by atoms with van der Waals surface area (Å²) >= 11 is 2.44. The van der Waals surface area contributed by atoms with Gasteiger partial charge >= 0.3 is 6.92 Å². The van der Waals surface area contributed by atoms with Gasteiger partial charge in [0.15, 0.2) is 0 Å². The van der Waals surface area contributed by atoms with Gasteiger partial charge in [0.1, 0.15) is 0 Å². The van der Waals surface area contributed by atoms with Crippen LogP contribution in [0.4, 0.5) is 0 Å². The van der Waals surface area contributed by atoms with Crippen molar-refractivity contribution in [1.29, 1.82) is 0 Å². The van der Waals surface area contributed by atoms with Crippen LogP contribution in [0, 0.1) is 0 Å². The summed E-state index contributed by atoms with van der Waals surface area (Å²) in [6.45, 7) is 4.84. The van der Waals surface area contributed by atoms with E-state index in [1.54, 1.807) is 0 Å². The van der Waals surface area contributed by atoms with E-state index in [-0.39, 0.29) is 0 Å². The molecule has 0 heterocycles. The number of rotatable bonds is 4. The highest BCUT2D eigenvalue weighted by Crippen LogP contribution is 2.30. The van der Waals surface area contributed by atoms with Crippen LogP contribution in [0.2, 0.25) is 12.6 Å². The average Bonchev–Trinajstić information content (AvgIpc) is 2.17. The van der Waals surface area contributed by atoms with Gasteiger partial charge in [0.2, 0.25) is 0 Å². The second-order valence-corrected chi connectivity index (χ2v) is 4.89. The molecule has 0 aliphatic heterocycles. The molecule has 74 valence electrons. The molecule has 3 heteroatoms. The van der Waals surface area contributed by atoms with Crippen LogP contribution < -0.4 is 0 Å². The Labute approximate surface area is 95.6 Å². The normalized spacial score (nSPS) is 17.5. The number of halogens is 1. The zero-order valence-corrected chi connectivity index (χ0v) is 10.8. The van der Waals surface area contributed by atoms with Crippen molar-refractivity contribution in [1.82, 2.24) is 0 Å². The van der Waals surface area contributed by atoms with Crippen LogP contribution in [0.1, 0.15) is 39.5 Å². The fourth-order valence-electron chi connectivity index (χ4n) is 1.62. The molecule has 0 radical (unpaired) electrons. The van der Waals surface area contributed by atoms with E-state index in [0.29, 0.717) is 6.92 Å². The summed E-state index contributed by atoms with van der Waals surface area (Å²) in [5, 5.41) is 0. The second-order valence-electron chi connectivity index (χ2n) is 3.59. The van der Waals surface area contributed by atoms with Crippen LogP contribution >= 0.6 is 22.6 Å². The van der Waals surface area contributed by atoms with Crippen molar-refractivity contribution >= 4 is 29.5 Å². The van der Waals surface area contributed by atoms with Gasteiger partial charge in [-0.05, 0) is 54.5 Å². The van der Waals surface area contributed by atoms with E-state index in [1.165, 1.54) is 28.6 Å². The van der Waals surface area contributed by atoms with Gasteiger partial charge in [-0.3, -0.25) is 0 Å². The molecule has 0 atom stereocenters. The molecule has 0 aromatic carbocycles. The highest BCUT2D eigenvalue weighted by atomic mass is 127. The van der Waals surface area contributed by atoms with E-state index in [2.05, 4.69) is 36.4 Å². The predicted octanol–water partition coefficient (Wildman–Crippen LogP) is 4.25. The Kier molecular flexibility index (Phi) is 5.21. The van der Waals surface area contributed by atoms with Crippen LogP contribution in [0.3, 0.4) is 0 Å². The number of hydrogen-bond donors (Lipinski definition) is 0. The zero-order chi connectivity index (χ0) is 9.68. The first kappa shape index (κ1) is 11.4. The Morgan fingerprint density at radius 2 is 1.85 bits per heavy atom. The minimum absolute atomic E-state index is 0.442. The Hall–Kier alpha value is 0.335. The first-order valence-electron chi connectivity index (χ1n) is 5.32. The maximum atomic E-state index is 5.97. The monoisotopic (exact) mass is 292 g/mol. The molecule has 0 aromatic heterocycles. The lowest BCUT2D eigenvalue weighted by molar-refractivity contribution is 0.386. The molecule has 0 N–H and O–H groups in total. The highest BCUT2D eigenvalue weighted by Gasteiger charge is 2.17. The summed E-state index contributed by atoms with van der Waals surface area (Å²) in [4.78, 5) is 0. The predicted molar refractivity (Wildman–Crippen MR) is 67.3 cm³/mol. The van der Waals surface area contributed by atoms with Gasteiger partial charge in [0.05, 0.1) is 5.76 Å². The Morgan fingerprint density at radius 3 is 2.38 bits per heavy atom. The molecular formula is C10H18BIO. The van der Waals surface area contributed by atoms with Crippen molar-refractivity contribution in [2.24, 2.45) is 0 Å². The van der Waals surface area contributed by atoms with Crippen molar-refractivity contribution < 1.29 is 4.65 Å². The Morgan fingerprint density at radius 1 is 1.23 bits per heavy atom. The van der Waals surface area contributed by atoms with Gasteiger partial charge in [0.25, 0.3) is 0 Å². The third kappa shape index (κ3) is 3.52. The van der Waals surface area contributed by atoms with Crippen molar-refractivity contribution in [3.8, 4) is 0 Å². The van der Waals surface area contributed by atoms with E-state index in [0.717, 1.165) is 19.1 Å². The van der Waals surface area contributed by atoms with Gasteiger partial charge in [0, 0.05) is 10.0 Å². The van der Waals surface area contributed by atoms with Crippen LogP contribution in [0.15, 0.2) is 9.34 Å². The minimum atomic E-state index is 0.442. The maximum Gasteiger partial charge on any atom is 0.356 e. The number of hydrogen-bond acceptors (Lipinski definition) is 1. The van der Waals surface area contributed by atoms with E-state index in [4.69, 9.17) is 4.65 Å². The quantitative estimate of drug-likeness (QED) is 0.556. The van der Waals surface area contributed by atoms with Gasteiger partial charge in [-0.1, -0.05) is 13.8 Å². The van der Waals surface area contributed by atoms with Crippen LogP contribution in [0.5, 0.6) is 0 Å². The summed E-state index contributed by atoms with van der Waals surface area (Å²) in [6.07, 6.45) is 7.30. The third-order valence-electron chi connectivity index (χ3n) is 2.57. The lowest BCUT2D eigenvalue weighted by Gasteiger charge is -2.21. The fourth-order valence-corrected chi connectivity index (χ4v) is 2.40. The average molecular weight is 292 g/mol. The van der Waals surface area contributed by atoms with Crippen LogP contribution in [-0.2, 0) is 4.65 Å². The summed E-state index contributed by atoms with van der Waals surface area (Å²) in [7, 11) is 0. The lowest BCUT2D eigenvalue weighted by atomic mass is 9.62. The largest absolute Gasteiger partial charge is 0.563 e. The molecule has 13 heavy (non-hydrogen) atoms. The van der Waals surface area contributed by atoms with E-state index in [1.807, 2.05) is 0 Å². The topological polar surface area (TPSA) is 9.23 Å². The fraction of sp³-hybridized carbons (Fsp3) is 0.800. The molecule has 1 aliphatic carbocycles. The van der Waals surface area contributed by atoms with Gasteiger partial charge < -0.3 is 4.65 Å². The standard InChI is InChI=1S/C10H18BIO/c1-3-11(4-2)13-10-8-6-5-7-9(10)12/h3-8H2,1-2H3. The smallest absolute Gasteiger partial charge is 0.356 e. The molecule has 0 bridgehead atoms. The van der Waals surface area contributed by atoms with Crippen molar-refractivity contribution in [2.45, 2.75) is 52.2 Å². The van der Waals surface area contributed by atoms with Gasteiger partial charge in [-0.2, -0.15) is 0 Å². The lowest BCUT2D eigenvalue weighted by Crippen LogP contribution is -2.16. The SMILES string of the molecule is CCB(CC)OC1=C(I)CCCC1. The van der Waals surface area contributed by atoms with Crippen molar-refractivity contribution in [3.05, 3.63) is 9.34 Å². The highest BCUT2D eigenvalue weighted by molar-refractivity contribution is 14.1. The summed E-state index contributed by atoms with van der Waals surface area (Å²) in [6, 6.07) is 0. The molecular weight excluding hydrogens is 274 g/mol. The second kappa shape index (κ2) is 5.94. The maximum absolute atomic E-state index is 5.97. The first-order chi connectivity index (χ1) is 6.27. The molecule has 0 aromatic rings. The van der Waals surface area contributed by atoms with Crippen molar-refractivity contribution in [2.75, 3.05) is 0 Å². The molecule has 0 unspecified atom stereocenters. The molecule has 1 nitrogen and oxygen atoms in total. The summed E-state index contributed by atoms with van der Waals surface area (Å²) < 4.78 is 7.43. The Balaban J connectivity index is 2.50. The summed E-state index contributed by atoms with van der Waals surface area (Å²) in [5.41, 5.74) is 0. The number of allylic oxidation sites excluding steroid dienone is 2. The van der Waals surface area contributed by atoms with E-state index in [9.17, 15) is 0 Å². The van der Waals surface area contributed by atoms with E-state index >= 15 is 0 Å². The summed E-state index contributed by atoms with van der Waals surface area (Å²) in [5.74, 6) is 1.28. The first-order valence-corrected chi connectivity index (χ1v) is 6.40. The molecule has 0 amide bonds. The molecule has 0 fully saturated rings. The Bertz CT molecular complexity index is 187. The molecule has 0 saturated carbocycles. The molecule has 1 aliphatic rings. The van der Waals surface area contributed by atoms with Crippen LogP contribution in [0.25, 0.3) is 0 Å². The van der Waals surface area contributed by atoms with E-state index < -0.39 is 0 Å². The molecule has 1 rings (SSSR count). The third-order valence-corrected chi connectivity index (χ3v) is 3.71.